The number of aliphatic hydroxyl groups is 1. The summed E-state index contributed by atoms with van der Waals surface area (Å²) in [5, 5.41) is 13.0. The Morgan fingerprint density at radius 1 is 1.17 bits per heavy atom. The molecule has 0 aromatic heterocycles. The lowest BCUT2D eigenvalue weighted by atomic mass is 9.82. The average Bonchev–Trinajstić information content (AvgIpc) is 2.60. The molecule has 3 aliphatic heterocycles. The topological polar surface area (TPSA) is 32.7 Å². The summed E-state index contributed by atoms with van der Waals surface area (Å²) in [6.07, 6.45) is 4.02. The average molecular weight is 309 g/mol. The van der Waals surface area contributed by atoms with E-state index in [9.17, 15) is 5.11 Å². The summed E-state index contributed by atoms with van der Waals surface area (Å²) in [5.41, 5.74) is 2.15. The fourth-order valence-corrected chi connectivity index (χ4v) is 3.93. The maximum Gasteiger partial charge on any atom is 0.127 e. The van der Waals surface area contributed by atoms with Gasteiger partial charge in [-0.1, -0.05) is 30.3 Å². The quantitative estimate of drug-likeness (QED) is 0.939. The Morgan fingerprint density at radius 3 is 2.70 bits per heavy atom. The van der Waals surface area contributed by atoms with Crippen LogP contribution in [-0.2, 0) is 0 Å². The van der Waals surface area contributed by atoms with E-state index in [2.05, 4.69) is 41.3 Å². The lowest BCUT2D eigenvalue weighted by Gasteiger charge is -2.46. The van der Waals surface area contributed by atoms with Gasteiger partial charge in [0.2, 0.25) is 0 Å². The number of hydrogen-bond donors (Lipinski definition) is 1. The van der Waals surface area contributed by atoms with Gasteiger partial charge in [-0.2, -0.15) is 0 Å². The van der Waals surface area contributed by atoms with Crippen molar-refractivity contribution in [2.45, 2.75) is 25.9 Å². The molecule has 1 atom stereocenters. The molecule has 23 heavy (non-hydrogen) atoms. The number of aliphatic hydroxyl groups excluding tert-OH is 1. The number of rotatable bonds is 3. The van der Waals surface area contributed by atoms with E-state index < -0.39 is 0 Å². The van der Waals surface area contributed by atoms with Crippen molar-refractivity contribution in [3.05, 3.63) is 47.7 Å². The second-order valence-corrected chi connectivity index (χ2v) is 6.47. The lowest BCUT2D eigenvalue weighted by Crippen LogP contribution is -2.48. The van der Waals surface area contributed by atoms with Crippen LogP contribution in [-0.4, -0.2) is 35.8 Å². The molecule has 120 valence electrons. The van der Waals surface area contributed by atoms with Gasteiger partial charge in [-0.15, -0.1) is 0 Å². The fourth-order valence-electron chi connectivity index (χ4n) is 3.93. The van der Waals surface area contributed by atoms with Gasteiger partial charge < -0.3 is 14.7 Å². The van der Waals surface area contributed by atoms with Crippen LogP contribution in [0.3, 0.4) is 0 Å². The van der Waals surface area contributed by atoms with E-state index in [4.69, 9.17) is 4.74 Å². The first-order valence-electron chi connectivity index (χ1n) is 8.57. The Morgan fingerprint density at radius 2 is 1.96 bits per heavy atom. The van der Waals surface area contributed by atoms with Crippen molar-refractivity contribution >= 4 is 16.8 Å². The molecule has 0 aliphatic carbocycles. The van der Waals surface area contributed by atoms with E-state index in [-0.39, 0.29) is 6.10 Å². The molecular weight excluding hydrogens is 286 g/mol. The summed E-state index contributed by atoms with van der Waals surface area (Å²) in [5.74, 6) is 1.31. The van der Waals surface area contributed by atoms with Gasteiger partial charge >= 0.3 is 0 Å². The summed E-state index contributed by atoms with van der Waals surface area (Å²) in [6.45, 7) is 4.76. The van der Waals surface area contributed by atoms with Crippen LogP contribution in [0.5, 0.6) is 5.75 Å². The highest BCUT2D eigenvalue weighted by Gasteiger charge is 2.36. The smallest absolute Gasteiger partial charge is 0.127 e. The van der Waals surface area contributed by atoms with E-state index in [1.54, 1.807) is 0 Å². The molecule has 2 bridgehead atoms. The minimum absolute atomic E-state index is 0.342. The molecule has 0 saturated carbocycles. The monoisotopic (exact) mass is 309 g/mol. The molecule has 2 aromatic rings. The number of piperidine rings is 3. The summed E-state index contributed by atoms with van der Waals surface area (Å²) in [4.78, 5) is 2.34. The minimum atomic E-state index is -0.342. The molecule has 3 saturated heterocycles. The number of benzene rings is 2. The normalized spacial score (nSPS) is 25.3. The molecule has 2 aromatic carbocycles. The maximum atomic E-state index is 10.7. The van der Waals surface area contributed by atoms with E-state index in [1.807, 2.05) is 13.0 Å². The maximum absolute atomic E-state index is 10.7. The third-order valence-corrected chi connectivity index (χ3v) is 5.18. The van der Waals surface area contributed by atoms with Crippen molar-refractivity contribution in [2.24, 2.45) is 5.92 Å². The van der Waals surface area contributed by atoms with Gasteiger partial charge in [0, 0.05) is 24.4 Å². The van der Waals surface area contributed by atoms with Gasteiger partial charge in [-0.3, -0.25) is 0 Å². The lowest BCUT2D eigenvalue weighted by molar-refractivity contribution is 0.0215. The summed E-state index contributed by atoms with van der Waals surface area (Å²) in [6, 6.07) is 12.5. The summed E-state index contributed by atoms with van der Waals surface area (Å²) in [7, 11) is 0. The predicted molar refractivity (Wildman–Crippen MR) is 93.4 cm³/mol. The van der Waals surface area contributed by atoms with Crippen LogP contribution >= 0.6 is 0 Å². The Hall–Kier alpha value is -2.00. The molecule has 5 rings (SSSR count). The Labute approximate surface area is 137 Å². The van der Waals surface area contributed by atoms with Gasteiger partial charge in [0.25, 0.3) is 0 Å². The zero-order valence-electron chi connectivity index (χ0n) is 13.5. The fraction of sp³-hybridized carbons (Fsp3) is 0.400. The number of fused-ring (bicyclic) bond motifs is 4. The summed E-state index contributed by atoms with van der Waals surface area (Å²) >= 11 is 0. The molecule has 0 amide bonds. The van der Waals surface area contributed by atoms with E-state index in [0.29, 0.717) is 12.5 Å². The zero-order valence-corrected chi connectivity index (χ0v) is 13.5. The van der Waals surface area contributed by atoms with Gasteiger partial charge in [0.05, 0.1) is 12.7 Å². The van der Waals surface area contributed by atoms with E-state index >= 15 is 0 Å². The standard InChI is InChI=1S/C20H23NO2/c1-2-23-19-8-7-14-5-3-4-6-16(14)17(19)13-18-20(22)15-9-11-21(18)12-10-15/h3-8,13,15,20,22H,2,9-12H2,1H3/b18-13-. The van der Waals surface area contributed by atoms with Crippen LogP contribution in [0.2, 0.25) is 0 Å². The van der Waals surface area contributed by atoms with Crippen molar-refractivity contribution in [3.8, 4) is 5.75 Å². The second kappa shape index (κ2) is 5.89. The van der Waals surface area contributed by atoms with Gasteiger partial charge in [-0.25, -0.2) is 0 Å². The third kappa shape index (κ3) is 2.49. The molecule has 0 radical (unpaired) electrons. The molecule has 0 spiro atoms. The molecule has 3 heteroatoms. The highest BCUT2D eigenvalue weighted by Crippen LogP contribution is 2.38. The van der Waals surface area contributed by atoms with E-state index in [0.717, 1.165) is 42.9 Å². The third-order valence-electron chi connectivity index (χ3n) is 5.18. The van der Waals surface area contributed by atoms with Crippen molar-refractivity contribution in [1.29, 1.82) is 0 Å². The minimum Gasteiger partial charge on any atom is -0.493 e. The molecule has 3 heterocycles. The van der Waals surface area contributed by atoms with Gasteiger partial charge in [0.15, 0.2) is 0 Å². The van der Waals surface area contributed by atoms with Crippen molar-refractivity contribution in [2.75, 3.05) is 19.7 Å². The molecule has 1 unspecified atom stereocenters. The largest absolute Gasteiger partial charge is 0.493 e. The second-order valence-electron chi connectivity index (χ2n) is 6.47. The zero-order chi connectivity index (χ0) is 15.8. The molecule has 3 aliphatic rings. The van der Waals surface area contributed by atoms with Crippen LogP contribution < -0.4 is 4.74 Å². The van der Waals surface area contributed by atoms with Crippen molar-refractivity contribution in [1.82, 2.24) is 4.90 Å². The van der Waals surface area contributed by atoms with Crippen LogP contribution in [0, 0.1) is 5.92 Å². The van der Waals surface area contributed by atoms with Crippen LogP contribution in [0.1, 0.15) is 25.3 Å². The molecular formula is C20H23NO2. The van der Waals surface area contributed by atoms with Crippen molar-refractivity contribution < 1.29 is 9.84 Å². The molecule has 1 N–H and O–H groups in total. The SMILES string of the molecule is CCOc1ccc2ccccc2c1/C=C1/C(O)C2CCN1CC2. The van der Waals surface area contributed by atoms with Crippen molar-refractivity contribution in [3.63, 3.8) is 0 Å². The van der Waals surface area contributed by atoms with Crippen LogP contribution in [0.4, 0.5) is 0 Å². The van der Waals surface area contributed by atoms with Crippen LogP contribution in [0.15, 0.2) is 42.1 Å². The predicted octanol–water partition coefficient (Wildman–Crippen LogP) is 3.67. The van der Waals surface area contributed by atoms with Gasteiger partial charge in [0.1, 0.15) is 5.75 Å². The highest BCUT2D eigenvalue weighted by molar-refractivity contribution is 5.93. The van der Waals surface area contributed by atoms with Crippen LogP contribution in [0.25, 0.3) is 16.8 Å². The Balaban J connectivity index is 1.86. The Bertz CT molecular complexity index is 740. The van der Waals surface area contributed by atoms with E-state index in [1.165, 1.54) is 10.8 Å². The van der Waals surface area contributed by atoms with Gasteiger partial charge in [-0.05, 0) is 48.6 Å². The first-order chi connectivity index (χ1) is 11.3. The number of hydrogen-bond acceptors (Lipinski definition) is 3. The highest BCUT2D eigenvalue weighted by atomic mass is 16.5. The first kappa shape index (κ1) is 14.6. The number of nitrogens with zero attached hydrogens (tertiary/aromatic N) is 1. The first-order valence-corrected chi connectivity index (χ1v) is 8.57. The summed E-state index contributed by atoms with van der Waals surface area (Å²) < 4.78 is 5.86. The number of ether oxygens (including phenoxy) is 1. The molecule has 3 nitrogen and oxygen atoms in total. The Kier molecular flexibility index (Phi) is 3.74. The molecule has 3 fully saturated rings.